The molecule has 2 fully saturated rings. The van der Waals surface area contributed by atoms with Crippen molar-refractivity contribution in [3.05, 3.63) is 92.7 Å². The summed E-state index contributed by atoms with van der Waals surface area (Å²) in [5.41, 5.74) is 9.89. The molecule has 3 aliphatic carbocycles. The summed E-state index contributed by atoms with van der Waals surface area (Å²) in [6, 6.07) is 14.4. The molecule has 1 spiro atoms. The smallest absolute Gasteiger partial charge is 0.247 e. The highest BCUT2D eigenvalue weighted by atomic mass is 16.1. The van der Waals surface area contributed by atoms with E-state index in [1.165, 1.54) is 62.0 Å². The molecule has 5 heteroatoms. The molecule has 1 N–H and O–H groups in total. The van der Waals surface area contributed by atoms with Crippen molar-refractivity contribution in [3.8, 4) is 11.1 Å². The summed E-state index contributed by atoms with van der Waals surface area (Å²) in [5, 5.41) is 0. The highest BCUT2D eigenvalue weighted by molar-refractivity contribution is 6.02. The lowest BCUT2D eigenvalue weighted by molar-refractivity contribution is -0.116. The number of piperidine rings is 1. The number of aromatic nitrogens is 2. The van der Waals surface area contributed by atoms with Crippen molar-refractivity contribution >= 4 is 11.9 Å². The van der Waals surface area contributed by atoms with E-state index in [9.17, 15) is 9.59 Å². The molecule has 4 aliphatic rings. The number of hydrogen-bond donors (Lipinski definition) is 1. The third-order valence-electron chi connectivity index (χ3n) is 11.2. The van der Waals surface area contributed by atoms with Crippen LogP contribution in [-0.2, 0) is 24.1 Å². The van der Waals surface area contributed by atoms with Crippen LogP contribution in [0.25, 0.3) is 17.2 Å². The number of aryl methyl sites for hydroxylation is 1. The first kappa shape index (κ1) is 29.4. The van der Waals surface area contributed by atoms with Crippen molar-refractivity contribution in [3.63, 3.8) is 0 Å². The summed E-state index contributed by atoms with van der Waals surface area (Å²) in [7, 11) is 0. The molecule has 3 heterocycles. The van der Waals surface area contributed by atoms with Gasteiger partial charge < -0.3 is 9.88 Å². The molecule has 230 valence electrons. The number of rotatable bonds is 8. The number of pyridine rings is 2. The first-order chi connectivity index (χ1) is 21.1. The van der Waals surface area contributed by atoms with E-state index in [0.717, 1.165) is 53.8 Å². The highest BCUT2D eigenvalue weighted by Crippen LogP contribution is 2.52. The fourth-order valence-electron chi connectivity index (χ4n) is 8.03. The van der Waals surface area contributed by atoms with Crippen molar-refractivity contribution in [1.29, 1.82) is 0 Å². The van der Waals surface area contributed by atoms with Crippen LogP contribution in [0.15, 0.2) is 59.0 Å². The number of ketones is 1. The van der Waals surface area contributed by atoms with Crippen LogP contribution in [0.4, 0.5) is 0 Å². The SMILES string of the molecule is CC(C)(C)[C@H]1CCc2nc3c(cc2C1)C=C(C(=O)C[C@H](CCN1CCCC2(CC2)C1)c1ccc(-c2ccc(=O)[nH]c2)cc1)C3. The summed E-state index contributed by atoms with van der Waals surface area (Å²) in [4.78, 5) is 36.0. The molecule has 0 unspecified atom stereocenters. The van der Waals surface area contributed by atoms with Gasteiger partial charge in [-0.3, -0.25) is 14.6 Å². The van der Waals surface area contributed by atoms with Crippen LogP contribution in [0.5, 0.6) is 0 Å². The zero-order valence-corrected chi connectivity index (χ0v) is 26.8. The van der Waals surface area contributed by atoms with Gasteiger partial charge in [0.2, 0.25) is 5.56 Å². The van der Waals surface area contributed by atoms with E-state index in [1.54, 1.807) is 12.3 Å². The number of hydrogen-bond acceptors (Lipinski definition) is 4. The van der Waals surface area contributed by atoms with E-state index >= 15 is 0 Å². The molecule has 1 saturated heterocycles. The van der Waals surface area contributed by atoms with Crippen molar-refractivity contribution < 1.29 is 4.79 Å². The van der Waals surface area contributed by atoms with Crippen LogP contribution in [0.3, 0.4) is 0 Å². The normalized spacial score (nSPS) is 21.4. The summed E-state index contributed by atoms with van der Waals surface area (Å²) >= 11 is 0. The van der Waals surface area contributed by atoms with Crippen molar-refractivity contribution in [2.75, 3.05) is 19.6 Å². The molecule has 0 radical (unpaired) electrons. The van der Waals surface area contributed by atoms with Gasteiger partial charge in [-0.05, 0) is 133 Å². The Bertz CT molecular complexity index is 1620. The number of carbonyl (C=O) groups excluding carboxylic acids is 1. The number of nitrogens with one attached hydrogen (secondary N) is 1. The van der Waals surface area contributed by atoms with E-state index in [0.29, 0.717) is 29.6 Å². The van der Waals surface area contributed by atoms with Gasteiger partial charge in [0.1, 0.15) is 0 Å². The fraction of sp³-hybridized carbons (Fsp3) is 0.513. The first-order valence-electron chi connectivity index (χ1n) is 16.9. The van der Waals surface area contributed by atoms with Crippen LogP contribution < -0.4 is 5.56 Å². The number of aromatic amines is 1. The van der Waals surface area contributed by atoms with E-state index in [4.69, 9.17) is 4.98 Å². The monoisotopic (exact) mass is 589 g/mol. The summed E-state index contributed by atoms with van der Waals surface area (Å²) in [6.07, 6.45) is 14.9. The third kappa shape index (κ3) is 6.26. The number of fused-ring (bicyclic) bond motifs is 2. The zero-order valence-electron chi connectivity index (χ0n) is 26.8. The molecule has 44 heavy (non-hydrogen) atoms. The maximum atomic E-state index is 13.9. The summed E-state index contributed by atoms with van der Waals surface area (Å²) in [5.74, 6) is 1.11. The minimum Gasteiger partial charge on any atom is -0.328 e. The lowest BCUT2D eigenvalue weighted by Crippen LogP contribution is -2.37. The van der Waals surface area contributed by atoms with Gasteiger partial charge in [0.05, 0.1) is 5.69 Å². The van der Waals surface area contributed by atoms with Crippen molar-refractivity contribution in [1.82, 2.24) is 14.9 Å². The second-order valence-corrected chi connectivity index (χ2v) is 15.3. The quantitative estimate of drug-likeness (QED) is 0.295. The first-order valence-corrected chi connectivity index (χ1v) is 16.9. The molecular weight excluding hydrogens is 542 g/mol. The average Bonchev–Trinajstić information content (AvgIpc) is 3.61. The molecule has 1 aliphatic heterocycles. The van der Waals surface area contributed by atoms with E-state index in [1.807, 2.05) is 6.07 Å². The molecule has 7 rings (SSSR count). The second kappa shape index (κ2) is 11.6. The number of benzene rings is 1. The standard InChI is InChI=1S/C39H47N3O2/c1-38(2,3)33-10-11-34-31(21-33)19-30-20-32(22-35(30)41-34)36(43)23-28(13-18-42-17-4-14-39(25-42)15-16-39)26-5-7-27(8-6-26)29-9-12-37(44)40-24-29/h5-9,12,19-20,24,28,33H,4,10-11,13-18,21-23,25H2,1-3H3,(H,40,44)/t28-,33-/m0/s1. The molecule has 0 bridgehead atoms. The molecule has 2 atom stereocenters. The molecule has 1 aromatic carbocycles. The number of H-pyrrole nitrogens is 1. The van der Waals surface area contributed by atoms with Gasteiger partial charge in [-0.25, -0.2) is 0 Å². The molecule has 3 aromatic rings. The minimum absolute atomic E-state index is 0.0949. The lowest BCUT2D eigenvalue weighted by Gasteiger charge is -2.34. The minimum atomic E-state index is -0.0949. The van der Waals surface area contributed by atoms with Crippen LogP contribution in [0.1, 0.15) is 99.7 Å². The molecule has 5 nitrogen and oxygen atoms in total. The van der Waals surface area contributed by atoms with Crippen LogP contribution in [0.2, 0.25) is 0 Å². The van der Waals surface area contributed by atoms with Gasteiger partial charge in [0.15, 0.2) is 5.78 Å². The van der Waals surface area contributed by atoms with Crippen molar-refractivity contribution in [2.24, 2.45) is 16.7 Å². The Morgan fingerprint density at radius 2 is 1.86 bits per heavy atom. The topological polar surface area (TPSA) is 66.1 Å². The van der Waals surface area contributed by atoms with Crippen molar-refractivity contribution in [2.45, 2.75) is 90.9 Å². The lowest BCUT2D eigenvalue weighted by atomic mass is 9.71. The fourth-order valence-corrected chi connectivity index (χ4v) is 8.03. The molecule has 2 aromatic heterocycles. The number of Topliss-reactive ketones (excluding diaryl/α,β-unsaturated/α-hetero) is 1. The van der Waals surface area contributed by atoms with Crippen LogP contribution in [0, 0.1) is 16.7 Å². The van der Waals surface area contributed by atoms with E-state index in [2.05, 4.69) is 67.1 Å². The predicted octanol–water partition coefficient (Wildman–Crippen LogP) is 7.54. The Hall–Kier alpha value is -3.31. The maximum absolute atomic E-state index is 13.9. The molecular formula is C39H47N3O2. The van der Waals surface area contributed by atoms with Gasteiger partial charge >= 0.3 is 0 Å². The highest BCUT2D eigenvalue weighted by Gasteiger charge is 2.45. The molecule has 0 amide bonds. The third-order valence-corrected chi connectivity index (χ3v) is 11.2. The van der Waals surface area contributed by atoms with Gasteiger partial charge in [-0.1, -0.05) is 45.0 Å². The van der Waals surface area contributed by atoms with Gasteiger partial charge in [-0.2, -0.15) is 0 Å². The Morgan fingerprint density at radius 1 is 1.07 bits per heavy atom. The van der Waals surface area contributed by atoms with Gasteiger partial charge in [0.25, 0.3) is 0 Å². The Kier molecular flexibility index (Phi) is 7.73. The Morgan fingerprint density at radius 3 is 2.59 bits per heavy atom. The maximum Gasteiger partial charge on any atom is 0.247 e. The molecule has 1 saturated carbocycles. The number of allylic oxidation sites excluding steroid dienone is 1. The zero-order chi connectivity index (χ0) is 30.5. The Balaban J connectivity index is 1.08. The van der Waals surface area contributed by atoms with Gasteiger partial charge in [-0.15, -0.1) is 0 Å². The Labute approximate surface area is 262 Å². The van der Waals surface area contributed by atoms with E-state index < -0.39 is 0 Å². The largest absolute Gasteiger partial charge is 0.328 e. The average molecular weight is 590 g/mol. The van der Waals surface area contributed by atoms with Crippen LogP contribution >= 0.6 is 0 Å². The number of likely N-dealkylation sites (tertiary alicyclic amines) is 1. The van der Waals surface area contributed by atoms with E-state index in [-0.39, 0.29) is 17.3 Å². The van der Waals surface area contributed by atoms with Gasteiger partial charge in [0, 0.05) is 42.9 Å². The number of carbonyl (C=O) groups is 1. The predicted molar refractivity (Wildman–Crippen MR) is 178 cm³/mol. The summed E-state index contributed by atoms with van der Waals surface area (Å²) < 4.78 is 0. The van der Waals surface area contributed by atoms with Crippen LogP contribution in [-0.4, -0.2) is 40.3 Å². The second-order valence-electron chi connectivity index (χ2n) is 15.3. The number of nitrogens with zero attached hydrogens (tertiary/aromatic N) is 2. The summed E-state index contributed by atoms with van der Waals surface area (Å²) in [6.45, 7) is 10.5.